The van der Waals surface area contributed by atoms with Crippen LogP contribution in [0.3, 0.4) is 0 Å². The van der Waals surface area contributed by atoms with Crippen molar-refractivity contribution in [2.45, 2.75) is 18.9 Å². The summed E-state index contributed by atoms with van der Waals surface area (Å²) in [6.07, 6.45) is 1.60. The van der Waals surface area contributed by atoms with Crippen LogP contribution in [0.15, 0.2) is 34.7 Å². The second-order valence-corrected chi connectivity index (χ2v) is 5.27. The van der Waals surface area contributed by atoms with Gasteiger partial charge < -0.3 is 4.42 Å². The molecule has 0 radical (unpaired) electrons. The van der Waals surface area contributed by atoms with Crippen molar-refractivity contribution in [2.75, 3.05) is 6.54 Å². The van der Waals surface area contributed by atoms with Gasteiger partial charge in [0.25, 0.3) is 0 Å². The zero-order chi connectivity index (χ0) is 13.2. The van der Waals surface area contributed by atoms with Crippen molar-refractivity contribution in [2.24, 2.45) is 0 Å². The predicted molar refractivity (Wildman–Crippen MR) is 69.2 cm³/mol. The van der Waals surface area contributed by atoms with E-state index in [4.69, 9.17) is 4.42 Å². The molecule has 3 rings (SSSR count). The van der Waals surface area contributed by atoms with Crippen molar-refractivity contribution in [1.82, 2.24) is 14.5 Å². The van der Waals surface area contributed by atoms with Crippen molar-refractivity contribution in [1.29, 1.82) is 0 Å². The molecule has 1 aromatic carbocycles. The molecule has 1 aliphatic rings. The van der Waals surface area contributed by atoms with Crippen molar-refractivity contribution in [3.05, 3.63) is 36.2 Å². The van der Waals surface area contributed by atoms with Gasteiger partial charge >= 0.3 is 0 Å². The molecule has 1 saturated heterocycles. The lowest BCUT2D eigenvalue weighted by Crippen LogP contribution is -2.25. The summed E-state index contributed by atoms with van der Waals surface area (Å²) in [6.45, 7) is 0.566. The summed E-state index contributed by atoms with van der Waals surface area (Å²) in [5, 5.41) is 8.00. The van der Waals surface area contributed by atoms with Crippen LogP contribution in [0.2, 0.25) is 0 Å². The van der Waals surface area contributed by atoms with E-state index in [0.29, 0.717) is 18.3 Å². The van der Waals surface area contributed by atoms with E-state index in [1.807, 2.05) is 30.3 Å². The normalized spacial score (nSPS) is 21.6. The monoisotopic (exact) mass is 279 g/mol. The molecule has 0 amide bonds. The minimum absolute atomic E-state index is 0.268. The second kappa shape index (κ2) is 5.20. The van der Waals surface area contributed by atoms with E-state index in [9.17, 15) is 8.76 Å². The maximum Gasteiger partial charge on any atom is 0.247 e. The lowest BCUT2D eigenvalue weighted by Gasteiger charge is -2.15. The number of hydrogen-bond acceptors (Lipinski definition) is 4. The third-order valence-corrected chi connectivity index (χ3v) is 3.99. The van der Waals surface area contributed by atoms with Crippen LogP contribution in [-0.4, -0.2) is 29.8 Å². The molecule has 2 heterocycles. The van der Waals surface area contributed by atoms with Crippen molar-refractivity contribution >= 4 is 11.3 Å². The highest BCUT2D eigenvalue weighted by Gasteiger charge is 2.33. The second-order valence-electron chi connectivity index (χ2n) is 4.34. The molecule has 2 aromatic rings. The highest BCUT2D eigenvalue weighted by Crippen LogP contribution is 2.33. The molecular formula is C12H13N3O3S. The molecule has 1 aliphatic heterocycles. The Labute approximate surface area is 112 Å². The SMILES string of the molecule is O=S(O)N1CCCC1c1nnc(-c2ccccc2)o1. The summed E-state index contributed by atoms with van der Waals surface area (Å²) in [5.74, 6) is 0.838. The summed E-state index contributed by atoms with van der Waals surface area (Å²) >= 11 is -2.00. The molecule has 2 unspecified atom stereocenters. The van der Waals surface area contributed by atoms with Crippen LogP contribution in [-0.2, 0) is 11.3 Å². The Hall–Kier alpha value is -1.57. The molecule has 0 aliphatic carbocycles. The van der Waals surface area contributed by atoms with Crippen LogP contribution in [0.1, 0.15) is 24.8 Å². The van der Waals surface area contributed by atoms with Gasteiger partial charge in [0.15, 0.2) is 0 Å². The van der Waals surface area contributed by atoms with Crippen LogP contribution in [0, 0.1) is 0 Å². The summed E-state index contributed by atoms with van der Waals surface area (Å²) in [6, 6.07) is 9.19. The molecule has 7 heteroatoms. The van der Waals surface area contributed by atoms with Gasteiger partial charge in [-0.2, -0.15) is 4.31 Å². The van der Waals surface area contributed by atoms with Crippen LogP contribution in [0.5, 0.6) is 0 Å². The van der Waals surface area contributed by atoms with Gasteiger partial charge in [-0.25, -0.2) is 4.21 Å². The zero-order valence-electron chi connectivity index (χ0n) is 10.1. The zero-order valence-corrected chi connectivity index (χ0v) is 10.9. The van der Waals surface area contributed by atoms with E-state index in [2.05, 4.69) is 10.2 Å². The molecule has 100 valence electrons. The average Bonchev–Trinajstić information content (AvgIpc) is 3.08. The Kier molecular flexibility index (Phi) is 3.41. The fourth-order valence-corrected chi connectivity index (χ4v) is 2.94. The minimum atomic E-state index is -2.00. The fraction of sp³-hybridized carbons (Fsp3) is 0.333. The predicted octanol–water partition coefficient (Wildman–Crippen LogP) is 2.01. The number of benzene rings is 1. The van der Waals surface area contributed by atoms with Crippen LogP contribution in [0.4, 0.5) is 0 Å². The Balaban J connectivity index is 1.87. The van der Waals surface area contributed by atoms with Gasteiger partial charge in [-0.15, -0.1) is 10.2 Å². The highest BCUT2D eigenvalue weighted by atomic mass is 32.2. The molecule has 1 fully saturated rings. The summed E-state index contributed by atoms with van der Waals surface area (Å²) < 4.78 is 27.5. The fourth-order valence-electron chi connectivity index (χ4n) is 2.24. The molecule has 0 bridgehead atoms. The number of rotatable bonds is 3. The lowest BCUT2D eigenvalue weighted by molar-refractivity contribution is 0.326. The summed E-state index contributed by atoms with van der Waals surface area (Å²) in [5.41, 5.74) is 0.843. The van der Waals surface area contributed by atoms with E-state index in [1.165, 1.54) is 4.31 Å². The summed E-state index contributed by atoms with van der Waals surface area (Å²) in [7, 11) is 0. The maximum absolute atomic E-state index is 11.2. The van der Waals surface area contributed by atoms with E-state index in [-0.39, 0.29) is 6.04 Å². The number of aromatic nitrogens is 2. The highest BCUT2D eigenvalue weighted by molar-refractivity contribution is 7.76. The van der Waals surface area contributed by atoms with E-state index in [0.717, 1.165) is 18.4 Å². The molecule has 0 saturated carbocycles. The van der Waals surface area contributed by atoms with Gasteiger partial charge in [0.1, 0.15) is 6.04 Å². The molecular weight excluding hydrogens is 266 g/mol. The smallest absolute Gasteiger partial charge is 0.247 e. The third kappa shape index (κ3) is 2.44. The van der Waals surface area contributed by atoms with Gasteiger partial charge in [-0.1, -0.05) is 18.2 Å². The summed E-state index contributed by atoms with van der Waals surface area (Å²) in [4.78, 5) is 0. The first-order valence-corrected chi connectivity index (χ1v) is 7.08. The minimum Gasteiger partial charge on any atom is -0.419 e. The molecule has 1 aromatic heterocycles. The molecule has 19 heavy (non-hydrogen) atoms. The van der Waals surface area contributed by atoms with E-state index >= 15 is 0 Å². The molecule has 2 atom stereocenters. The van der Waals surface area contributed by atoms with E-state index in [1.54, 1.807) is 0 Å². The number of hydrogen-bond donors (Lipinski definition) is 1. The lowest BCUT2D eigenvalue weighted by atomic mass is 10.2. The average molecular weight is 279 g/mol. The van der Waals surface area contributed by atoms with Gasteiger partial charge in [0.05, 0.1) is 0 Å². The van der Waals surface area contributed by atoms with Gasteiger partial charge in [-0.3, -0.25) is 4.55 Å². The number of nitrogens with zero attached hydrogens (tertiary/aromatic N) is 3. The quantitative estimate of drug-likeness (QED) is 0.869. The Morgan fingerprint density at radius 2 is 2.11 bits per heavy atom. The maximum atomic E-state index is 11.2. The Morgan fingerprint density at radius 3 is 2.84 bits per heavy atom. The van der Waals surface area contributed by atoms with E-state index < -0.39 is 11.3 Å². The van der Waals surface area contributed by atoms with Gasteiger partial charge in [-0.05, 0) is 25.0 Å². The van der Waals surface area contributed by atoms with Crippen molar-refractivity contribution in [3.8, 4) is 11.5 Å². The first kappa shape index (κ1) is 12.5. The standard InChI is InChI=1S/C12H13N3O3S/c16-19(17)15-8-4-7-10(15)12-14-13-11(18-12)9-5-2-1-3-6-9/h1-3,5-6,10H,4,7-8H2,(H,16,17). The van der Waals surface area contributed by atoms with Crippen LogP contribution in [0.25, 0.3) is 11.5 Å². The first-order chi connectivity index (χ1) is 9.25. The van der Waals surface area contributed by atoms with Crippen LogP contribution < -0.4 is 0 Å². The molecule has 0 spiro atoms. The Bertz CT molecular complexity index is 587. The Morgan fingerprint density at radius 1 is 1.32 bits per heavy atom. The van der Waals surface area contributed by atoms with Crippen molar-refractivity contribution in [3.63, 3.8) is 0 Å². The molecule has 1 N–H and O–H groups in total. The largest absolute Gasteiger partial charge is 0.419 e. The topological polar surface area (TPSA) is 79.5 Å². The first-order valence-electron chi connectivity index (χ1n) is 6.02. The van der Waals surface area contributed by atoms with Crippen molar-refractivity contribution < 1.29 is 13.2 Å². The van der Waals surface area contributed by atoms with Gasteiger partial charge in [0, 0.05) is 12.1 Å². The van der Waals surface area contributed by atoms with Gasteiger partial charge in [0.2, 0.25) is 23.0 Å². The molecule has 6 nitrogen and oxygen atoms in total. The van der Waals surface area contributed by atoms with Crippen LogP contribution >= 0.6 is 0 Å². The third-order valence-electron chi connectivity index (χ3n) is 3.15.